The highest BCUT2D eigenvalue weighted by Crippen LogP contribution is 2.13. The molecule has 1 aromatic rings. The Kier molecular flexibility index (Phi) is 3.41. The number of benzene rings is 1. The molecule has 1 aliphatic rings. The summed E-state index contributed by atoms with van der Waals surface area (Å²) in [7, 11) is 0. The van der Waals surface area contributed by atoms with Gasteiger partial charge in [0.15, 0.2) is 0 Å². The molecule has 1 aromatic carbocycles. The molecular weight excluding hydrogens is 206 g/mol. The molecule has 0 spiro atoms. The van der Waals surface area contributed by atoms with E-state index in [0.717, 1.165) is 5.56 Å². The van der Waals surface area contributed by atoms with Crippen molar-refractivity contribution >= 4 is 6.09 Å². The van der Waals surface area contributed by atoms with Gasteiger partial charge in [0.1, 0.15) is 6.61 Å². The molecule has 86 valence electrons. The Morgan fingerprint density at radius 2 is 2.12 bits per heavy atom. The van der Waals surface area contributed by atoms with E-state index in [-0.39, 0.29) is 18.7 Å². The molecular formula is C12H15NO3. The van der Waals surface area contributed by atoms with Crippen molar-refractivity contribution in [3.63, 3.8) is 0 Å². The normalized spacial score (nSPS) is 17.3. The Hall–Kier alpha value is -1.55. The molecule has 4 heteroatoms. The molecule has 1 amide bonds. The fraction of sp³-hybridized carbons (Fsp3) is 0.417. The van der Waals surface area contributed by atoms with Gasteiger partial charge in [-0.3, -0.25) is 4.90 Å². The van der Waals surface area contributed by atoms with Crippen LogP contribution in [0.1, 0.15) is 5.56 Å². The van der Waals surface area contributed by atoms with E-state index in [2.05, 4.69) is 0 Å². The third-order valence-electron chi connectivity index (χ3n) is 2.76. The van der Waals surface area contributed by atoms with Gasteiger partial charge in [-0.25, -0.2) is 4.79 Å². The van der Waals surface area contributed by atoms with Gasteiger partial charge in [0, 0.05) is 0 Å². The van der Waals surface area contributed by atoms with Gasteiger partial charge < -0.3 is 9.84 Å². The lowest BCUT2D eigenvalue weighted by Crippen LogP contribution is -2.40. The van der Waals surface area contributed by atoms with Gasteiger partial charge >= 0.3 is 6.09 Å². The molecule has 1 fully saturated rings. The van der Waals surface area contributed by atoms with Gasteiger partial charge in [0.05, 0.1) is 19.2 Å². The molecule has 1 aliphatic heterocycles. The molecule has 1 heterocycles. The number of carbonyl (C=O) groups excluding carboxylic acids is 1. The third kappa shape index (κ3) is 2.33. The van der Waals surface area contributed by atoms with Crippen LogP contribution in [0, 0.1) is 0 Å². The summed E-state index contributed by atoms with van der Waals surface area (Å²) in [6, 6.07) is 9.64. The molecule has 0 bridgehead atoms. The summed E-state index contributed by atoms with van der Waals surface area (Å²) in [6.07, 6.45) is 0.335. The zero-order valence-corrected chi connectivity index (χ0v) is 9.00. The zero-order valence-electron chi connectivity index (χ0n) is 9.00. The van der Waals surface area contributed by atoms with Crippen LogP contribution in [0.4, 0.5) is 4.79 Å². The third-order valence-corrected chi connectivity index (χ3v) is 2.76. The quantitative estimate of drug-likeness (QED) is 0.826. The number of nitrogens with zero attached hydrogens (tertiary/aromatic N) is 1. The Labute approximate surface area is 94.4 Å². The summed E-state index contributed by atoms with van der Waals surface area (Å²) in [5.74, 6) is 0. The average molecular weight is 221 g/mol. The number of carbonyl (C=O) groups is 1. The number of aliphatic hydroxyl groups is 1. The Morgan fingerprint density at radius 1 is 1.38 bits per heavy atom. The lowest BCUT2D eigenvalue weighted by Gasteiger charge is -2.23. The number of aliphatic hydroxyl groups excluding tert-OH is 1. The van der Waals surface area contributed by atoms with Crippen molar-refractivity contribution in [3.8, 4) is 0 Å². The highest BCUT2D eigenvalue weighted by Gasteiger charge is 2.29. The maximum absolute atomic E-state index is 11.4. The molecule has 0 aromatic heterocycles. The van der Waals surface area contributed by atoms with Gasteiger partial charge in [0.2, 0.25) is 0 Å². The number of hydrogen-bond acceptors (Lipinski definition) is 3. The Balaban J connectivity index is 2.03. The van der Waals surface area contributed by atoms with Crippen molar-refractivity contribution in [2.75, 3.05) is 19.8 Å². The molecule has 1 N–H and O–H groups in total. The molecule has 0 saturated carbocycles. The largest absolute Gasteiger partial charge is 0.448 e. The maximum Gasteiger partial charge on any atom is 0.410 e. The minimum absolute atomic E-state index is 0.0377. The van der Waals surface area contributed by atoms with Crippen LogP contribution in [0.25, 0.3) is 0 Å². The first-order valence-electron chi connectivity index (χ1n) is 5.39. The second kappa shape index (κ2) is 4.99. The van der Waals surface area contributed by atoms with Crippen molar-refractivity contribution in [2.24, 2.45) is 0 Å². The van der Waals surface area contributed by atoms with E-state index in [0.29, 0.717) is 19.6 Å². The van der Waals surface area contributed by atoms with E-state index in [1.807, 2.05) is 30.3 Å². The smallest absolute Gasteiger partial charge is 0.410 e. The Bertz CT molecular complexity index is 353. The number of hydrogen-bond donors (Lipinski definition) is 1. The molecule has 1 atom stereocenters. The molecule has 1 saturated heterocycles. The van der Waals surface area contributed by atoms with Gasteiger partial charge in [-0.05, 0) is 12.0 Å². The topological polar surface area (TPSA) is 49.8 Å². The van der Waals surface area contributed by atoms with Gasteiger partial charge in [-0.15, -0.1) is 0 Å². The zero-order chi connectivity index (χ0) is 11.4. The predicted molar refractivity (Wildman–Crippen MR) is 59.1 cm³/mol. The van der Waals surface area contributed by atoms with E-state index >= 15 is 0 Å². The molecule has 2 rings (SSSR count). The second-order valence-corrected chi connectivity index (χ2v) is 3.83. The number of amides is 1. The molecule has 16 heavy (non-hydrogen) atoms. The second-order valence-electron chi connectivity index (χ2n) is 3.83. The summed E-state index contributed by atoms with van der Waals surface area (Å²) in [6.45, 7) is 0.949. The van der Waals surface area contributed by atoms with Crippen molar-refractivity contribution in [3.05, 3.63) is 35.9 Å². The molecule has 0 unspecified atom stereocenters. The van der Waals surface area contributed by atoms with Crippen molar-refractivity contribution < 1.29 is 14.6 Å². The first-order chi connectivity index (χ1) is 7.81. The van der Waals surface area contributed by atoms with Crippen LogP contribution in [0.2, 0.25) is 0 Å². The maximum atomic E-state index is 11.4. The van der Waals surface area contributed by atoms with E-state index in [1.165, 1.54) is 0 Å². The van der Waals surface area contributed by atoms with Crippen LogP contribution in [0.3, 0.4) is 0 Å². The van der Waals surface area contributed by atoms with Crippen molar-refractivity contribution in [1.82, 2.24) is 4.90 Å². The van der Waals surface area contributed by atoms with Crippen LogP contribution in [0.15, 0.2) is 30.3 Å². The Morgan fingerprint density at radius 3 is 2.69 bits per heavy atom. The van der Waals surface area contributed by atoms with Gasteiger partial charge in [0.25, 0.3) is 0 Å². The van der Waals surface area contributed by atoms with Gasteiger partial charge in [-0.1, -0.05) is 30.3 Å². The average Bonchev–Trinajstić information content (AvgIpc) is 2.74. The number of ether oxygens (including phenoxy) is 1. The van der Waals surface area contributed by atoms with Crippen LogP contribution >= 0.6 is 0 Å². The van der Waals surface area contributed by atoms with E-state index in [9.17, 15) is 9.90 Å². The first kappa shape index (κ1) is 11.0. The standard InChI is InChI=1S/C12H15NO3/c14-9-11(13-6-7-16-12(13)15)8-10-4-2-1-3-5-10/h1-5,11,14H,6-9H2/t11-/m0/s1. The molecule has 0 radical (unpaired) electrons. The van der Waals surface area contributed by atoms with Crippen molar-refractivity contribution in [1.29, 1.82) is 0 Å². The predicted octanol–water partition coefficient (Wildman–Crippen LogP) is 1.04. The fourth-order valence-electron chi connectivity index (χ4n) is 1.90. The monoisotopic (exact) mass is 221 g/mol. The van der Waals surface area contributed by atoms with E-state index in [4.69, 9.17) is 4.74 Å². The summed E-state index contributed by atoms with van der Waals surface area (Å²) >= 11 is 0. The lowest BCUT2D eigenvalue weighted by molar-refractivity contribution is 0.126. The van der Waals surface area contributed by atoms with E-state index in [1.54, 1.807) is 4.90 Å². The van der Waals surface area contributed by atoms with Crippen LogP contribution in [-0.4, -0.2) is 41.9 Å². The summed E-state index contributed by atoms with van der Waals surface area (Å²) in [5, 5.41) is 9.32. The number of rotatable bonds is 4. The first-order valence-corrected chi connectivity index (χ1v) is 5.39. The van der Waals surface area contributed by atoms with Crippen LogP contribution in [0.5, 0.6) is 0 Å². The highest BCUT2D eigenvalue weighted by atomic mass is 16.6. The summed E-state index contributed by atoms with van der Waals surface area (Å²) in [4.78, 5) is 12.9. The van der Waals surface area contributed by atoms with Gasteiger partial charge in [-0.2, -0.15) is 0 Å². The van der Waals surface area contributed by atoms with Crippen molar-refractivity contribution in [2.45, 2.75) is 12.5 Å². The molecule has 0 aliphatic carbocycles. The van der Waals surface area contributed by atoms with Crippen LogP contribution in [-0.2, 0) is 11.2 Å². The lowest BCUT2D eigenvalue weighted by atomic mass is 10.1. The number of cyclic esters (lactones) is 1. The fourth-order valence-corrected chi connectivity index (χ4v) is 1.90. The minimum Gasteiger partial charge on any atom is -0.448 e. The summed E-state index contributed by atoms with van der Waals surface area (Å²) in [5.41, 5.74) is 1.11. The summed E-state index contributed by atoms with van der Waals surface area (Å²) < 4.78 is 4.86. The molecule has 4 nitrogen and oxygen atoms in total. The SMILES string of the molecule is O=C1OCCN1[C@H](CO)Cc1ccccc1. The highest BCUT2D eigenvalue weighted by molar-refractivity contribution is 5.69. The minimum atomic E-state index is -0.324. The van der Waals surface area contributed by atoms with E-state index < -0.39 is 0 Å². The van der Waals surface area contributed by atoms with Crippen LogP contribution < -0.4 is 0 Å².